The molecule has 0 amide bonds. The van der Waals surface area contributed by atoms with E-state index in [-0.39, 0.29) is 0 Å². The Morgan fingerprint density at radius 1 is 1.29 bits per heavy atom. The summed E-state index contributed by atoms with van der Waals surface area (Å²) in [6.07, 6.45) is -0.602. The number of nitrogens with one attached hydrogen (secondary N) is 1. The molecule has 0 aliphatic carbocycles. The first kappa shape index (κ1) is 24.8. The Labute approximate surface area is 207 Å². The maximum atomic E-state index is 10.8. The third kappa shape index (κ3) is 5.50. The zero-order valence-electron chi connectivity index (χ0n) is 18.0. The number of thioether (sulfide) groups is 1. The normalized spacial score (nSPS) is 23.3. The third-order valence-electron chi connectivity index (χ3n) is 5.49. The van der Waals surface area contributed by atoms with Crippen molar-refractivity contribution in [2.75, 3.05) is 16.8 Å². The van der Waals surface area contributed by atoms with Gasteiger partial charge in [0.25, 0.3) is 0 Å². The summed E-state index contributed by atoms with van der Waals surface area (Å²) in [5, 5.41) is 33.2. The highest BCUT2D eigenvalue weighted by Gasteiger charge is 2.44. The van der Waals surface area contributed by atoms with Crippen LogP contribution in [0.3, 0.4) is 0 Å². The second-order valence-corrected chi connectivity index (χ2v) is 9.95. The Morgan fingerprint density at radius 3 is 2.88 bits per heavy atom. The van der Waals surface area contributed by atoms with E-state index in [1.165, 1.54) is 24.4 Å². The van der Waals surface area contributed by atoms with Gasteiger partial charge in [0.1, 0.15) is 24.6 Å². The van der Waals surface area contributed by atoms with Crippen molar-refractivity contribution in [2.24, 2.45) is 5.73 Å². The van der Waals surface area contributed by atoms with Gasteiger partial charge in [-0.15, -0.1) is 0 Å². The number of carboxylic acid groups (broad SMARTS) is 1. The second kappa shape index (κ2) is 11.0. The van der Waals surface area contributed by atoms with Gasteiger partial charge in [-0.25, -0.2) is 15.0 Å². The minimum atomic E-state index is -1.18. The summed E-state index contributed by atoms with van der Waals surface area (Å²) in [6.45, 7) is 0.532. The summed E-state index contributed by atoms with van der Waals surface area (Å²) in [5.74, 6) is 0.364. The molecule has 5 atom stereocenters. The van der Waals surface area contributed by atoms with Crippen LogP contribution < -0.4 is 11.1 Å². The molecular formula is C21H25BrN6O5S. The fourth-order valence-electron chi connectivity index (χ4n) is 3.63. The molecule has 2 aromatic heterocycles. The van der Waals surface area contributed by atoms with Crippen LogP contribution in [-0.4, -0.2) is 76.7 Å². The van der Waals surface area contributed by atoms with Gasteiger partial charge in [-0.3, -0.25) is 9.36 Å². The topological polar surface area (TPSA) is 169 Å². The van der Waals surface area contributed by atoms with Gasteiger partial charge < -0.3 is 31.1 Å². The van der Waals surface area contributed by atoms with Gasteiger partial charge in [0.2, 0.25) is 0 Å². The minimum Gasteiger partial charge on any atom is -0.480 e. The molecule has 1 saturated heterocycles. The first-order valence-electron chi connectivity index (χ1n) is 10.6. The number of nitrogens with zero attached hydrogens (tertiary/aromatic N) is 4. The molecule has 0 saturated carbocycles. The summed E-state index contributed by atoms with van der Waals surface area (Å²) >= 11 is 4.87. The van der Waals surface area contributed by atoms with Gasteiger partial charge in [-0.2, -0.15) is 11.8 Å². The van der Waals surface area contributed by atoms with Gasteiger partial charge in [-0.05, 0) is 29.9 Å². The van der Waals surface area contributed by atoms with E-state index in [9.17, 15) is 15.0 Å². The van der Waals surface area contributed by atoms with Gasteiger partial charge >= 0.3 is 5.97 Å². The first-order chi connectivity index (χ1) is 16.3. The number of halogens is 1. The molecule has 13 heteroatoms. The predicted molar refractivity (Wildman–Crippen MR) is 130 cm³/mol. The number of nitrogens with two attached hydrogens (primary N) is 1. The zero-order valence-corrected chi connectivity index (χ0v) is 20.4. The lowest BCUT2D eigenvalue weighted by molar-refractivity contribution is -0.138. The Bertz CT molecular complexity index is 1150. The molecule has 4 rings (SSSR count). The number of carbonyl (C=O) groups is 1. The molecule has 0 bridgehead atoms. The van der Waals surface area contributed by atoms with E-state index in [0.29, 0.717) is 41.5 Å². The van der Waals surface area contributed by atoms with E-state index in [0.717, 1.165) is 10.0 Å². The molecule has 1 aromatic carbocycles. The Kier molecular flexibility index (Phi) is 8.01. The summed E-state index contributed by atoms with van der Waals surface area (Å²) in [6, 6.07) is 6.97. The number of imidazole rings is 1. The van der Waals surface area contributed by atoms with Crippen molar-refractivity contribution in [3.63, 3.8) is 0 Å². The van der Waals surface area contributed by atoms with E-state index in [1.54, 1.807) is 4.57 Å². The van der Waals surface area contributed by atoms with Crippen molar-refractivity contribution in [3.8, 4) is 0 Å². The van der Waals surface area contributed by atoms with E-state index in [4.69, 9.17) is 15.6 Å². The number of hydrogen-bond donors (Lipinski definition) is 5. The van der Waals surface area contributed by atoms with Crippen molar-refractivity contribution in [2.45, 2.75) is 43.5 Å². The number of rotatable bonds is 10. The maximum Gasteiger partial charge on any atom is 0.320 e. The number of carboxylic acids is 1. The number of aliphatic hydroxyl groups excluding tert-OH is 2. The fourth-order valence-corrected chi connectivity index (χ4v) is 5.17. The van der Waals surface area contributed by atoms with E-state index < -0.39 is 36.6 Å². The van der Waals surface area contributed by atoms with Gasteiger partial charge in [0.05, 0.1) is 12.4 Å². The minimum absolute atomic E-state index is 0.299. The summed E-state index contributed by atoms with van der Waals surface area (Å²) in [5.41, 5.74) is 7.55. The average Bonchev–Trinajstić information content (AvgIpc) is 3.37. The third-order valence-corrected chi connectivity index (χ3v) is 7.07. The molecule has 0 spiro atoms. The van der Waals surface area contributed by atoms with Crippen molar-refractivity contribution >= 4 is 50.6 Å². The van der Waals surface area contributed by atoms with E-state index >= 15 is 0 Å². The van der Waals surface area contributed by atoms with Crippen LogP contribution in [0.2, 0.25) is 0 Å². The van der Waals surface area contributed by atoms with Crippen LogP contribution in [0.25, 0.3) is 11.2 Å². The highest BCUT2D eigenvalue weighted by atomic mass is 79.9. The second-order valence-electron chi connectivity index (χ2n) is 7.88. The van der Waals surface area contributed by atoms with Gasteiger partial charge in [-0.1, -0.05) is 28.1 Å². The molecule has 34 heavy (non-hydrogen) atoms. The molecule has 1 aliphatic heterocycles. The van der Waals surface area contributed by atoms with Crippen LogP contribution >= 0.6 is 27.7 Å². The first-order valence-corrected chi connectivity index (χ1v) is 12.5. The van der Waals surface area contributed by atoms with Crippen LogP contribution in [0.4, 0.5) is 5.82 Å². The molecule has 1 fully saturated rings. The van der Waals surface area contributed by atoms with Crippen molar-refractivity contribution in [1.82, 2.24) is 19.5 Å². The van der Waals surface area contributed by atoms with Crippen molar-refractivity contribution in [3.05, 3.63) is 47.0 Å². The highest BCUT2D eigenvalue weighted by Crippen LogP contribution is 2.33. The molecule has 0 unspecified atom stereocenters. The summed E-state index contributed by atoms with van der Waals surface area (Å²) in [4.78, 5) is 23.8. The lowest BCUT2D eigenvalue weighted by Gasteiger charge is -2.16. The number of aliphatic hydroxyl groups is 2. The largest absolute Gasteiger partial charge is 0.480 e. The molecule has 0 radical (unpaired) electrons. The van der Waals surface area contributed by atoms with Crippen LogP contribution in [0.15, 0.2) is 41.4 Å². The summed E-state index contributed by atoms with van der Waals surface area (Å²) in [7, 11) is 0. The molecule has 11 nitrogen and oxygen atoms in total. The van der Waals surface area contributed by atoms with Crippen LogP contribution in [0, 0.1) is 0 Å². The fraction of sp³-hybridized carbons (Fsp3) is 0.429. The van der Waals surface area contributed by atoms with Gasteiger partial charge in [0.15, 0.2) is 23.2 Å². The Hall–Kier alpha value is -2.29. The number of hydrogen-bond acceptors (Lipinski definition) is 10. The van der Waals surface area contributed by atoms with Crippen LogP contribution in [-0.2, 0) is 16.1 Å². The molecular weight excluding hydrogens is 528 g/mol. The molecule has 1 aliphatic rings. The standard InChI is InChI=1S/C21H25BrN6O5S/c22-12-3-1-2-11(6-12)7-24-18-15-19(26-9-25-18)28(10-27-15)20-17(30)16(29)14(33-20)8-34-5-4-13(23)21(31)32/h1-3,6,9-10,13-14,16-17,20,29-30H,4-5,7-8,23H2,(H,31,32)(H,24,25,26)/t13-,14-,16-,17-,20-/m1/s1. The molecule has 3 aromatic rings. The number of benzene rings is 1. The highest BCUT2D eigenvalue weighted by molar-refractivity contribution is 9.10. The monoisotopic (exact) mass is 552 g/mol. The smallest absolute Gasteiger partial charge is 0.320 e. The van der Waals surface area contributed by atoms with Gasteiger partial charge in [0, 0.05) is 16.8 Å². The SMILES string of the molecule is N[C@H](CCSC[C@H]1O[C@@H](n2cnc3c(NCc4cccc(Br)c4)ncnc32)[C@H](O)[C@@H]1O)C(=O)O. The predicted octanol–water partition coefficient (Wildman–Crippen LogP) is 1.36. The van der Waals surface area contributed by atoms with Crippen LogP contribution in [0.5, 0.6) is 0 Å². The Balaban J connectivity index is 1.43. The lowest BCUT2D eigenvalue weighted by Crippen LogP contribution is -2.33. The number of ether oxygens (including phenoxy) is 1. The van der Waals surface area contributed by atoms with Crippen molar-refractivity contribution < 1.29 is 24.9 Å². The number of aliphatic carboxylic acids is 1. The lowest BCUT2D eigenvalue weighted by atomic mass is 10.1. The zero-order chi connectivity index (χ0) is 24.2. The average molecular weight is 553 g/mol. The number of aromatic nitrogens is 4. The van der Waals surface area contributed by atoms with Crippen molar-refractivity contribution in [1.29, 1.82) is 0 Å². The summed E-state index contributed by atoms with van der Waals surface area (Å²) < 4.78 is 8.51. The maximum absolute atomic E-state index is 10.8. The molecule has 3 heterocycles. The number of anilines is 1. The van der Waals surface area contributed by atoms with E-state index in [2.05, 4.69) is 36.2 Å². The Morgan fingerprint density at radius 2 is 2.12 bits per heavy atom. The van der Waals surface area contributed by atoms with E-state index in [1.807, 2.05) is 24.3 Å². The van der Waals surface area contributed by atoms with Crippen LogP contribution in [0.1, 0.15) is 18.2 Å². The molecule has 182 valence electrons. The quantitative estimate of drug-likeness (QED) is 0.230. The molecule has 6 N–H and O–H groups in total. The number of fused-ring (bicyclic) bond motifs is 1.